The van der Waals surface area contributed by atoms with Gasteiger partial charge in [0.25, 0.3) is 0 Å². The zero-order valence-electron chi connectivity index (χ0n) is 8.85. The van der Waals surface area contributed by atoms with Crippen molar-refractivity contribution in [3.63, 3.8) is 0 Å². The Kier molecular flexibility index (Phi) is 5.12. The minimum Gasteiger partial charge on any atom is -0.316 e. The van der Waals surface area contributed by atoms with Gasteiger partial charge in [0.2, 0.25) is 0 Å². The fourth-order valence-corrected chi connectivity index (χ4v) is 2.39. The highest BCUT2D eigenvalue weighted by Gasteiger charge is 2.26. The van der Waals surface area contributed by atoms with Crippen LogP contribution in [0, 0.1) is 11.8 Å². The highest BCUT2D eigenvalue weighted by Crippen LogP contribution is 2.31. The maximum atomic E-state index is 5.91. The van der Waals surface area contributed by atoms with Crippen LogP contribution in [-0.2, 0) is 0 Å². The van der Waals surface area contributed by atoms with E-state index in [0.29, 0.717) is 5.38 Å². The smallest absolute Gasteiger partial charge is 0.0342 e. The van der Waals surface area contributed by atoms with Gasteiger partial charge in [-0.25, -0.2) is 0 Å². The zero-order valence-corrected chi connectivity index (χ0v) is 9.61. The molecule has 0 bridgehead atoms. The average molecular weight is 204 g/mol. The first-order chi connectivity index (χ1) is 6.26. The molecule has 0 aliphatic heterocycles. The number of alkyl halides is 1. The van der Waals surface area contributed by atoms with Crippen LogP contribution in [0.3, 0.4) is 0 Å². The number of halogens is 1. The molecule has 78 valence electrons. The van der Waals surface area contributed by atoms with Crippen molar-refractivity contribution in [2.24, 2.45) is 11.8 Å². The van der Waals surface area contributed by atoms with E-state index < -0.39 is 0 Å². The fourth-order valence-electron chi connectivity index (χ4n) is 1.89. The predicted molar refractivity (Wildman–Crippen MR) is 59.3 cm³/mol. The first-order valence-corrected chi connectivity index (χ1v) is 6.04. The van der Waals surface area contributed by atoms with E-state index in [1.54, 1.807) is 0 Å². The van der Waals surface area contributed by atoms with Crippen LogP contribution in [0.2, 0.25) is 0 Å². The third-order valence-corrected chi connectivity index (χ3v) is 3.56. The fraction of sp³-hybridized carbons (Fsp3) is 1.00. The van der Waals surface area contributed by atoms with Gasteiger partial charge in [-0.15, -0.1) is 11.6 Å². The second kappa shape index (κ2) is 5.87. The van der Waals surface area contributed by atoms with E-state index in [1.807, 2.05) is 0 Å². The summed E-state index contributed by atoms with van der Waals surface area (Å²) in [6.45, 7) is 6.91. The number of hydrogen-bond donors (Lipinski definition) is 1. The SMILES string of the molecule is CCC(CC)CNCC1CC(Cl)C1. The van der Waals surface area contributed by atoms with Crippen molar-refractivity contribution in [3.8, 4) is 0 Å². The lowest BCUT2D eigenvalue weighted by atomic mass is 9.85. The Bertz CT molecular complexity index is 128. The molecule has 1 saturated carbocycles. The van der Waals surface area contributed by atoms with Crippen LogP contribution in [0.1, 0.15) is 39.5 Å². The molecule has 0 spiro atoms. The molecule has 0 heterocycles. The highest BCUT2D eigenvalue weighted by molar-refractivity contribution is 6.21. The Morgan fingerprint density at radius 3 is 2.38 bits per heavy atom. The summed E-state index contributed by atoms with van der Waals surface area (Å²) in [4.78, 5) is 0. The molecule has 1 N–H and O–H groups in total. The van der Waals surface area contributed by atoms with Gasteiger partial charge in [-0.2, -0.15) is 0 Å². The zero-order chi connectivity index (χ0) is 9.68. The van der Waals surface area contributed by atoms with Gasteiger partial charge >= 0.3 is 0 Å². The highest BCUT2D eigenvalue weighted by atomic mass is 35.5. The molecule has 1 nitrogen and oxygen atoms in total. The molecule has 2 heteroatoms. The molecule has 0 aromatic heterocycles. The lowest BCUT2D eigenvalue weighted by Crippen LogP contribution is -2.35. The summed E-state index contributed by atoms with van der Waals surface area (Å²) in [5, 5.41) is 4.02. The van der Waals surface area contributed by atoms with Crippen molar-refractivity contribution in [1.29, 1.82) is 0 Å². The van der Waals surface area contributed by atoms with Gasteiger partial charge < -0.3 is 5.32 Å². The standard InChI is InChI=1S/C11H22ClN/c1-3-9(4-2)7-13-8-10-5-11(12)6-10/h9-11,13H,3-8H2,1-2H3. The summed E-state index contributed by atoms with van der Waals surface area (Å²) < 4.78 is 0. The lowest BCUT2D eigenvalue weighted by Gasteiger charge is -2.31. The first-order valence-electron chi connectivity index (χ1n) is 5.61. The molecule has 0 atom stereocenters. The molecule has 0 aromatic rings. The van der Waals surface area contributed by atoms with Gasteiger partial charge in [0.15, 0.2) is 0 Å². The largest absolute Gasteiger partial charge is 0.316 e. The van der Waals surface area contributed by atoms with E-state index in [4.69, 9.17) is 11.6 Å². The summed E-state index contributed by atoms with van der Waals surface area (Å²) in [7, 11) is 0. The second-order valence-corrected chi connectivity index (χ2v) is 4.89. The molecular weight excluding hydrogens is 182 g/mol. The lowest BCUT2D eigenvalue weighted by molar-refractivity contribution is 0.298. The van der Waals surface area contributed by atoms with E-state index in [0.717, 1.165) is 11.8 Å². The van der Waals surface area contributed by atoms with Crippen LogP contribution in [0.4, 0.5) is 0 Å². The van der Waals surface area contributed by atoms with Crippen LogP contribution in [0.15, 0.2) is 0 Å². The normalized spacial score (nSPS) is 27.7. The van der Waals surface area contributed by atoms with Crippen LogP contribution < -0.4 is 5.32 Å². The van der Waals surface area contributed by atoms with Gasteiger partial charge in [0.1, 0.15) is 0 Å². The van der Waals surface area contributed by atoms with Crippen LogP contribution >= 0.6 is 11.6 Å². The third kappa shape index (κ3) is 3.86. The van der Waals surface area contributed by atoms with Crippen molar-refractivity contribution >= 4 is 11.6 Å². The topological polar surface area (TPSA) is 12.0 Å². The molecule has 13 heavy (non-hydrogen) atoms. The maximum Gasteiger partial charge on any atom is 0.0342 e. The molecule has 0 radical (unpaired) electrons. The van der Waals surface area contributed by atoms with Gasteiger partial charge in [-0.05, 0) is 37.8 Å². The molecule has 0 amide bonds. The maximum absolute atomic E-state index is 5.91. The van der Waals surface area contributed by atoms with Crippen molar-refractivity contribution in [2.45, 2.75) is 44.9 Å². The number of nitrogens with one attached hydrogen (secondary N) is 1. The van der Waals surface area contributed by atoms with Gasteiger partial charge in [0, 0.05) is 5.38 Å². The van der Waals surface area contributed by atoms with E-state index >= 15 is 0 Å². The third-order valence-electron chi connectivity index (χ3n) is 3.20. The second-order valence-electron chi connectivity index (χ2n) is 4.28. The summed E-state index contributed by atoms with van der Waals surface area (Å²) in [5.74, 6) is 1.73. The summed E-state index contributed by atoms with van der Waals surface area (Å²) >= 11 is 5.91. The molecule has 1 aliphatic carbocycles. The molecule has 0 unspecified atom stereocenters. The van der Waals surface area contributed by atoms with E-state index in [9.17, 15) is 0 Å². The summed E-state index contributed by atoms with van der Waals surface area (Å²) in [6, 6.07) is 0. The van der Waals surface area contributed by atoms with E-state index in [2.05, 4.69) is 19.2 Å². The molecule has 1 fully saturated rings. The number of hydrogen-bond acceptors (Lipinski definition) is 1. The Balaban J connectivity index is 1.94. The quantitative estimate of drug-likeness (QED) is 0.655. The molecule has 1 aliphatic rings. The minimum atomic E-state index is 0.472. The van der Waals surface area contributed by atoms with Crippen LogP contribution in [0.25, 0.3) is 0 Å². The summed E-state index contributed by atoms with van der Waals surface area (Å²) in [6.07, 6.45) is 5.04. The van der Waals surface area contributed by atoms with E-state index in [-0.39, 0.29) is 0 Å². The Hall–Kier alpha value is 0.250. The first kappa shape index (κ1) is 11.3. The molecule has 1 rings (SSSR count). The molecule has 0 aromatic carbocycles. The van der Waals surface area contributed by atoms with Gasteiger partial charge in [0.05, 0.1) is 0 Å². The van der Waals surface area contributed by atoms with Gasteiger partial charge in [-0.3, -0.25) is 0 Å². The minimum absolute atomic E-state index is 0.472. The predicted octanol–water partition coefficient (Wildman–Crippen LogP) is 3.03. The van der Waals surface area contributed by atoms with Crippen molar-refractivity contribution in [2.75, 3.05) is 13.1 Å². The van der Waals surface area contributed by atoms with Crippen molar-refractivity contribution < 1.29 is 0 Å². The van der Waals surface area contributed by atoms with Crippen LogP contribution in [0.5, 0.6) is 0 Å². The van der Waals surface area contributed by atoms with Crippen molar-refractivity contribution in [1.82, 2.24) is 5.32 Å². The van der Waals surface area contributed by atoms with Crippen molar-refractivity contribution in [3.05, 3.63) is 0 Å². The van der Waals surface area contributed by atoms with Gasteiger partial charge in [-0.1, -0.05) is 26.7 Å². The average Bonchev–Trinajstić information content (AvgIpc) is 2.09. The monoisotopic (exact) mass is 203 g/mol. The Morgan fingerprint density at radius 1 is 1.31 bits per heavy atom. The Morgan fingerprint density at radius 2 is 1.92 bits per heavy atom. The summed E-state index contributed by atoms with van der Waals surface area (Å²) in [5.41, 5.74) is 0. The molecule has 0 saturated heterocycles. The Labute approximate surface area is 87.2 Å². The molecular formula is C11H22ClN. The van der Waals surface area contributed by atoms with E-state index in [1.165, 1.54) is 38.8 Å². The number of rotatable bonds is 6. The van der Waals surface area contributed by atoms with Crippen LogP contribution in [-0.4, -0.2) is 18.5 Å².